The second-order valence-corrected chi connectivity index (χ2v) is 6.51. The summed E-state index contributed by atoms with van der Waals surface area (Å²) in [6.07, 6.45) is 6.65. The number of nitrogens with one attached hydrogen (secondary N) is 1. The average molecular weight is 275 g/mol. The van der Waals surface area contributed by atoms with Gasteiger partial charge in [-0.15, -0.1) is 0 Å². The first-order valence-corrected chi connectivity index (χ1v) is 8.10. The SMILES string of the molecule is Cc1cccc(CCC(C)NCC2CCC(O)CC2)c1. The van der Waals surface area contributed by atoms with E-state index in [1.165, 1.54) is 30.4 Å². The van der Waals surface area contributed by atoms with Crippen molar-refractivity contribution in [2.45, 2.75) is 64.5 Å². The first kappa shape index (κ1) is 15.5. The van der Waals surface area contributed by atoms with E-state index in [2.05, 4.69) is 43.4 Å². The third-order valence-corrected chi connectivity index (χ3v) is 4.52. The van der Waals surface area contributed by atoms with E-state index < -0.39 is 0 Å². The van der Waals surface area contributed by atoms with Crippen LogP contribution in [0.4, 0.5) is 0 Å². The average Bonchev–Trinajstić information content (AvgIpc) is 2.45. The maximum absolute atomic E-state index is 9.52. The van der Waals surface area contributed by atoms with Crippen molar-refractivity contribution in [1.29, 1.82) is 0 Å². The number of hydrogen-bond donors (Lipinski definition) is 2. The Morgan fingerprint density at radius 2 is 2.00 bits per heavy atom. The molecule has 1 fully saturated rings. The molecule has 1 unspecified atom stereocenters. The minimum atomic E-state index is -0.0370. The van der Waals surface area contributed by atoms with Crippen LogP contribution in [-0.2, 0) is 6.42 Å². The highest BCUT2D eigenvalue weighted by atomic mass is 16.3. The zero-order chi connectivity index (χ0) is 14.4. The molecule has 0 aromatic heterocycles. The molecular formula is C18H29NO. The van der Waals surface area contributed by atoms with Gasteiger partial charge in [0.15, 0.2) is 0 Å². The van der Waals surface area contributed by atoms with E-state index in [9.17, 15) is 5.11 Å². The Hall–Kier alpha value is -0.860. The summed E-state index contributed by atoms with van der Waals surface area (Å²) in [6, 6.07) is 9.39. The Labute approximate surface area is 123 Å². The summed E-state index contributed by atoms with van der Waals surface area (Å²) in [7, 11) is 0. The lowest BCUT2D eigenvalue weighted by atomic mass is 9.87. The maximum atomic E-state index is 9.52. The van der Waals surface area contributed by atoms with Crippen LogP contribution in [0.5, 0.6) is 0 Å². The molecule has 1 atom stereocenters. The standard InChI is InChI=1S/C18H29NO/c1-14-4-3-5-16(12-14)7-6-15(2)19-13-17-8-10-18(20)11-9-17/h3-5,12,15,17-20H,6-11,13H2,1-2H3. The van der Waals surface area contributed by atoms with E-state index in [1.54, 1.807) is 0 Å². The first-order valence-electron chi connectivity index (χ1n) is 8.10. The molecule has 0 saturated heterocycles. The van der Waals surface area contributed by atoms with Crippen molar-refractivity contribution in [3.05, 3.63) is 35.4 Å². The normalized spacial score (nSPS) is 24.6. The Kier molecular flexibility index (Phi) is 6.06. The van der Waals surface area contributed by atoms with Gasteiger partial charge in [-0.1, -0.05) is 29.8 Å². The van der Waals surface area contributed by atoms with Crippen LogP contribution in [-0.4, -0.2) is 23.8 Å². The van der Waals surface area contributed by atoms with Crippen LogP contribution in [0.15, 0.2) is 24.3 Å². The van der Waals surface area contributed by atoms with Gasteiger partial charge in [0.1, 0.15) is 0 Å². The lowest BCUT2D eigenvalue weighted by molar-refractivity contribution is 0.107. The fraction of sp³-hybridized carbons (Fsp3) is 0.667. The van der Waals surface area contributed by atoms with Gasteiger partial charge in [0, 0.05) is 6.04 Å². The van der Waals surface area contributed by atoms with Crippen molar-refractivity contribution in [2.24, 2.45) is 5.92 Å². The topological polar surface area (TPSA) is 32.3 Å². The van der Waals surface area contributed by atoms with E-state index in [0.717, 1.165) is 31.7 Å². The Morgan fingerprint density at radius 3 is 2.70 bits per heavy atom. The summed E-state index contributed by atoms with van der Waals surface area (Å²) in [4.78, 5) is 0. The number of hydrogen-bond acceptors (Lipinski definition) is 2. The Bertz CT molecular complexity index is 396. The molecule has 1 aromatic carbocycles. The summed E-state index contributed by atoms with van der Waals surface area (Å²) >= 11 is 0. The number of rotatable bonds is 6. The molecule has 0 radical (unpaired) electrons. The minimum absolute atomic E-state index is 0.0370. The van der Waals surface area contributed by atoms with Gasteiger partial charge in [0.05, 0.1) is 6.10 Å². The summed E-state index contributed by atoms with van der Waals surface area (Å²) in [5.41, 5.74) is 2.79. The molecule has 1 aliphatic carbocycles. The molecule has 2 heteroatoms. The van der Waals surface area contributed by atoms with Gasteiger partial charge < -0.3 is 10.4 Å². The third kappa shape index (κ3) is 5.26. The van der Waals surface area contributed by atoms with Gasteiger partial charge in [-0.2, -0.15) is 0 Å². The number of aryl methyl sites for hydroxylation is 2. The molecule has 20 heavy (non-hydrogen) atoms. The lowest BCUT2D eigenvalue weighted by Gasteiger charge is -2.27. The van der Waals surface area contributed by atoms with E-state index in [1.807, 2.05) is 0 Å². The van der Waals surface area contributed by atoms with Crippen LogP contribution >= 0.6 is 0 Å². The van der Waals surface area contributed by atoms with Gasteiger partial charge in [0.2, 0.25) is 0 Å². The van der Waals surface area contributed by atoms with Gasteiger partial charge in [-0.3, -0.25) is 0 Å². The van der Waals surface area contributed by atoms with E-state index in [0.29, 0.717) is 6.04 Å². The summed E-state index contributed by atoms with van der Waals surface area (Å²) < 4.78 is 0. The van der Waals surface area contributed by atoms with Crippen molar-refractivity contribution >= 4 is 0 Å². The molecular weight excluding hydrogens is 246 g/mol. The molecule has 1 aliphatic rings. The first-order chi connectivity index (χ1) is 9.63. The monoisotopic (exact) mass is 275 g/mol. The number of benzene rings is 1. The highest BCUT2D eigenvalue weighted by Crippen LogP contribution is 2.23. The summed E-state index contributed by atoms with van der Waals surface area (Å²) in [6.45, 7) is 5.55. The molecule has 0 bridgehead atoms. The zero-order valence-electron chi connectivity index (χ0n) is 12.9. The zero-order valence-corrected chi connectivity index (χ0v) is 12.9. The van der Waals surface area contributed by atoms with Crippen LogP contribution in [0.25, 0.3) is 0 Å². The van der Waals surface area contributed by atoms with Gasteiger partial charge in [0.25, 0.3) is 0 Å². The van der Waals surface area contributed by atoms with Crippen molar-refractivity contribution in [3.8, 4) is 0 Å². The Balaban J connectivity index is 1.64. The van der Waals surface area contributed by atoms with Gasteiger partial charge in [-0.05, 0) is 70.4 Å². The van der Waals surface area contributed by atoms with Crippen molar-refractivity contribution in [3.63, 3.8) is 0 Å². The van der Waals surface area contributed by atoms with E-state index >= 15 is 0 Å². The van der Waals surface area contributed by atoms with Crippen LogP contribution in [0.2, 0.25) is 0 Å². The molecule has 1 aromatic rings. The number of aliphatic hydroxyl groups is 1. The van der Waals surface area contributed by atoms with Crippen molar-refractivity contribution in [1.82, 2.24) is 5.32 Å². The second kappa shape index (κ2) is 7.80. The summed E-state index contributed by atoms with van der Waals surface area (Å²) in [5.74, 6) is 0.764. The van der Waals surface area contributed by atoms with Gasteiger partial charge >= 0.3 is 0 Å². The molecule has 0 spiro atoms. The van der Waals surface area contributed by atoms with Crippen molar-refractivity contribution < 1.29 is 5.11 Å². The molecule has 0 amide bonds. The predicted molar refractivity (Wildman–Crippen MR) is 84.9 cm³/mol. The van der Waals surface area contributed by atoms with Crippen LogP contribution in [0.1, 0.15) is 50.2 Å². The fourth-order valence-corrected chi connectivity index (χ4v) is 3.07. The van der Waals surface area contributed by atoms with E-state index in [-0.39, 0.29) is 6.10 Å². The number of aliphatic hydroxyl groups excluding tert-OH is 1. The molecule has 2 nitrogen and oxygen atoms in total. The van der Waals surface area contributed by atoms with Crippen LogP contribution < -0.4 is 5.32 Å². The molecule has 0 heterocycles. The molecule has 1 saturated carbocycles. The quantitative estimate of drug-likeness (QED) is 0.833. The fourth-order valence-electron chi connectivity index (χ4n) is 3.07. The minimum Gasteiger partial charge on any atom is -0.393 e. The Morgan fingerprint density at radius 1 is 1.25 bits per heavy atom. The molecule has 112 valence electrons. The highest BCUT2D eigenvalue weighted by molar-refractivity contribution is 5.22. The smallest absolute Gasteiger partial charge is 0.0540 e. The lowest BCUT2D eigenvalue weighted by Crippen LogP contribution is -2.33. The van der Waals surface area contributed by atoms with Gasteiger partial charge in [-0.25, -0.2) is 0 Å². The largest absolute Gasteiger partial charge is 0.393 e. The maximum Gasteiger partial charge on any atom is 0.0540 e. The molecule has 0 aliphatic heterocycles. The molecule has 2 N–H and O–H groups in total. The van der Waals surface area contributed by atoms with Crippen LogP contribution in [0.3, 0.4) is 0 Å². The van der Waals surface area contributed by atoms with Crippen LogP contribution in [0, 0.1) is 12.8 Å². The van der Waals surface area contributed by atoms with Crippen molar-refractivity contribution in [2.75, 3.05) is 6.54 Å². The predicted octanol–water partition coefficient (Wildman–Crippen LogP) is 3.46. The van der Waals surface area contributed by atoms with E-state index in [4.69, 9.17) is 0 Å². The highest BCUT2D eigenvalue weighted by Gasteiger charge is 2.19. The summed E-state index contributed by atoms with van der Waals surface area (Å²) in [5, 5.41) is 13.2. The second-order valence-electron chi connectivity index (χ2n) is 6.51. The molecule has 2 rings (SSSR count). The third-order valence-electron chi connectivity index (χ3n) is 4.52.